The second kappa shape index (κ2) is 7.05. The lowest BCUT2D eigenvalue weighted by molar-refractivity contribution is -0.139. The highest BCUT2D eigenvalue weighted by molar-refractivity contribution is 5.82. The van der Waals surface area contributed by atoms with Crippen LogP contribution in [0.15, 0.2) is 0 Å². The molecule has 2 amide bonds. The summed E-state index contributed by atoms with van der Waals surface area (Å²) in [6.07, 6.45) is 1.08. The number of hydrogen-bond acceptors (Lipinski definition) is 3. The molecule has 0 aliphatic carbocycles. The molecule has 0 aliphatic rings. The minimum Gasteiger partial charge on any atom is -0.480 e. The number of aliphatic hydroxyl groups excluding tert-OH is 1. The van der Waals surface area contributed by atoms with E-state index >= 15 is 0 Å². The van der Waals surface area contributed by atoms with Crippen LogP contribution in [0.3, 0.4) is 0 Å². The molecule has 0 aromatic carbocycles. The monoisotopic (exact) mass is 218 g/mol. The summed E-state index contributed by atoms with van der Waals surface area (Å²) in [5.74, 6) is -1.04. The molecular weight excluding hydrogens is 200 g/mol. The number of carbonyl (C=O) groups excluding carboxylic acids is 1. The molecule has 1 unspecified atom stereocenters. The van der Waals surface area contributed by atoms with E-state index in [4.69, 9.17) is 10.2 Å². The van der Waals surface area contributed by atoms with E-state index in [2.05, 4.69) is 5.32 Å². The summed E-state index contributed by atoms with van der Waals surface area (Å²) in [5.41, 5.74) is 0. The fraction of sp³-hybridized carbons (Fsp3) is 0.778. The largest absolute Gasteiger partial charge is 0.480 e. The van der Waals surface area contributed by atoms with Crippen LogP contribution in [-0.2, 0) is 4.79 Å². The number of carboxylic acid groups (broad SMARTS) is 1. The first kappa shape index (κ1) is 13.7. The van der Waals surface area contributed by atoms with Crippen molar-refractivity contribution in [1.29, 1.82) is 0 Å². The highest BCUT2D eigenvalue weighted by atomic mass is 16.4. The first-order valence-corrected chi connectivity index (χ1v) is 4.88. The van der Waals surface area contributed by atoms with E-state index in [1.54, 1.807) is 0 Å². The van der Waals surface area contributed by atoms with E-state index in [-0.39, 0.29) is 13.2 Å². The van der Waals surface area contributed by atoms with Gasteiger partial charge >= 0.3 is 12.0 Å². The Hall–Kier alpha value is -1.30. The molecule has 6 nitrogen and oxygen atoms in total. The van der Waals surface area contributed by atoms with Crippen molar-refractivity contribution in [3.63, 3.8) is 0 Å². The number of hydrogen-bond donors (Lipinski definition) is 3. The van der Waals surface area contributed by atoms with Crippen molar-refractivity contribution in [3.05, 3.63) is 0 Å². The van der Waals surface area contributed by atoms with Gasteiger partial charge in [0.1, 0.15) is 6.04 Å². The minimum atomic E-state index is -1.04. The van der Waals surface area contributed by atoms with Gasteiger partial charge < -0.3 is 20.4 Å². The lowest BCUT2D eigenvalue weighted by Crippen LogP contribution is -2.47. The summed E-state index contributed by atoms with van der Waals surface area (Å²) in [5, 5.41) is 19.8. The second-order valence-corrected chi connectivity index (χ2v) is 3.27. The van der Waals surface area contributed by atoms with Gasteiger partial charge in [-0.05, 0) is 6.42 Å². The van der Waals surface area contributed by atoms with Crippen LogP contribution in [0.2, 0.25) is 0 Å². The van der Waals surface area contributed by atoms with Gasteiger partial charge in [0, 0.05) is 13.6 Å². The van der Waals surface area contributed by atoms with Crippen LogP contribution >= 0.6 is 0 Å². The van der Waals surface area contributed by atoms with E-state index in [0.29, 0.717) is 12.8 Å². The van der Waals surface area contributed by atoms with Gasteiger partial charge in [-0.3, -0.25) is 0 Å². The molecule has 0 saturated heterocycles. The Morgan fingerprint density at radius 3 is 2.47 bits per heavy atom. The molecule has 0 heterocycles. The predicted molar refractivity (Wildman–Crippen MR) is 54.6 cm³/mol. The van der Waals surface area contributed by atoms with Crippen LogP contribution in [0, 0.1) is 0 Å². The van der Waals surface area contributed by atoms with Crippen molar-refractivity contribution >= 4 is 12.0 Å². The number of likely N-dealkylation sites (N-methyl/N-ethyl adjacent to an activating group) is 1. The lowest BCUT2D eigenvalue weighted by Gasteiger charge is -2.20. The summed E-state index contributed by atoms with van der Waals surface area (Å²) in [6, 6.07) is -1.34. The van der Waals surface area contributed by atoms with Gasteiger partial charge in [0.25, 0.3) is 0 Å². The van der Waals surface area contributed by atoms with E-state index in [9.17, 15) is 9.59 Å². The van der Waals surface area contributed by atoms with Crippen molar-refractivity contribution in [2.45, 2.75) is 25.8 Å². The molecule has 6 heteroatoms. The summed E-state index contributed by atoms with van der Waals surface area (Å²) in [6.45, 7) is 1.89. The van der Waals surface area contributed by atoms with Gasteiger partial charge in [0.2, 0.25) is 0 Å². The van der Waals surface area contributed by atoms with Gasteiger partial charge in [0.05, 0.1) is 6.61 Å². The zero-order valence-corrected chi connectivity index (χ0v) is 9.06. The molecule has 15 heavy (non-hydrogen) atoms. The van der Waals surface area contributed by atoms with Crippen LogP contribution in [0.25, 0.3) is 0 Å². The Balaban J connectivity index is 4.15. The summed E-state index contributed by atoms with van der Waals surface area (Å²) < 4.78 is 0. The normalized spacial score (nSPS) is 11.9. The third kappa shape index (κ3) is 5.21. The second-order valence-electron chi connectivity index (χ2n) is 3.27. The highest BCUT2D eigenvalue weighted by Gasteiger charge is 2.20. The van der Waals surface area contributed by atoms with Crippen LogP contribution in [0.1, 0.15) is 19.8 Å². The summed E-state index contributed by atoms with van der Waals surface area (Å²) in [4.78, 5) is 23.3. The zero-order chi connectivity index (χ0) is 11.8. The predicted octanol–water partition coefficient (Wildman–Crippen LogP) is -0.127. The number of urea groups is 1. The van der Waals surface area contributed by atoms with Crippen molar-refractivity contribution in [3.8, 4) is 0 Å². The van der Waals surface area contributed by atoms with Crippen LogP contribution in [-0.4, -0.2) is 53.4 Å². The molecule has 1 atom stereocenters. The molecular formula is C9H18N2O4. The average molecular weight is 218 g/mol. The van der Waals surface area contributed by atoms with E-state index in [0.717, 1.165) is 0 Å². The maximum Gasteiger partial charge on any atom is 0.326 e. The number of amides is 2. The summed E-state index contributed by atoms with van der Waals surface area (Å²) in [7, 11) is 1.50. The van der Waals surface area contributed by atoms with Crippen LogP contribution < -0.4 is 5.32 Å². The molecule has 0 aromatic rings. The quantitative estimate of drug-likeness (QED) is 0.579. The van der Waals surface area contributed by atoms with Gasteiger partial charge in [0.15, 0.2) is 0 Å². The molecule has 0 fully saturated rings. The molecule has 88 valence electrons. The Morgan fingerprint density at radius 1 is 1.47 bits per heavy atom. The third-order valence-electron chi connectivity index (χ3n) is 1.96. The molecule has 0 saturated carbocycles. The standard InChI is InChI=1S/C9H18N2O4/c1-3-4-7(8(13)14)10-9(15)11(2)5-6-12/h7,12H,3-6H2,1-2H3,(H,10,15)(H,13,14). The Bertz CT molecular complexity index is 220. The SMILES string of the molecule is CCCC(NC(=O)N(C)CCO)C(=O)O. The smallest absolute Gasteiger partial charge is 0.326 e. The molecule has 0 radical (unpaired) electrons. The average Bonchev–Trinajstić information content (AvgIpc) is 2.17. The first-order valence-electron chi connectivity index (χ1n) is 4.88. The minimum absolute atomic E-state index is 0.143. The topological polar surface area (TPSA) is 89.9 Å². The molecule has 3 N–H and O–H groups in total. The number of carboxylic acids is 1. The maximum absolute atomic E-state index is 11.4. The molecule has 0 aromatic heterocycles. The van der Waals surface area contributed by atoms with Gasteiger partial charge in [-0.25, -0.2) is 9.59 Å². The number of aliphatic hydroxyl groups is 1. The number of nitrogens with zero attached hydrogens (tertiary/aromatic N) is 1. The van der Waals surface area contributed by atoms with Crippen molar-refractivity contribution in [2.24, 2.45) is 0 Å². The van der Waals surface area contributed by atoms with Gasteiger partial charge in [-0.15, -0.1) is 0 Å². The Morgan fingerprint density at radius 2 is 2.07 bits per heavy atom. The summed E-state index contributed by atoms with van der Waals surface area (Å²) >= 11 is 0. The van der Waals surface area contributed by atoms with E-state index in [1.807, 2.05) is 6.92 Å². The molecule has 0 aliphatic heterocycles. The molecule has 0 rings (SSSR count). The van der Waals surface area contributed by atoms with Crippen molar-refractivity contribution in [1.82, 2.24) is 10.2 Å². The number of aliphatic carboxylic acids is 1. The fourth-order valence-electron chi connectivity index (χ4n) is 1.06. The van der Waals surface area contributed by atoms with E-state index < -0.39 is 18.0 Å². The zero-order valence-electron chi connectivity index (χ0n) is 9.06. The van der Waals surface area contributed by atoms with Gasteiger partial charge in [-0.1, -0.05) is 13.3 Å². The first-order chi connectivity index (χ1) is 7.02. The number of nitrogens with one attached hydrogen (secondary N) is 1. The maximum atomic E-state index is 11.4. The Kier molecular flexibility index (Phi) is 6.44. The number of rotatable bonds is 6. The molecule has 0 bridgehead atoms. The third-order valence-corrected chi connectivity index (χ3v) is 1.96. The van der Waals surface area contributed by atoms with Crippen molar-refractivity contribution in [2.75, 3.05) is 20.2 Å². The van der Waals surface area contributed by atoms with Crippen molar-refractivity contribution < 1.29 is 19.8 Å². The lowest BCUT2D eigenvalue weighted by atomic mass is 10.2. The van der Waals surface area contributed by atoms with Crippen LogP contribution in [0.4, 0.5) is 4.79 Å². The van der Waals surface area contributed by atoms with Crippen LogP contribution in [0.5, 0.6) is 0 Å². The fourth-order valence-corrected chi connectivity index (χ4v) is 1.06. The van der Waals surface area contributed by atoms with Gasteiger partial charge in [-0.2, -0.15) is 0 Å². The number of carbonyl (C=O) groups is 2. The Labute approximate surface area is 88.9 Å². The van der Waals surface area contributed by atoms with E-state index in [1.165, 1.54) is 11.9 Å². The molecule has 0 spiro atoms. The highest BCUT2D eigenvalue weighted by Crippen LogP contribution is 1.98.